The lowest BCUT2D eigenvalue weighted by molar-refractivity contribution is -0.113. The smallest absolute Gasteiger partial charge is 0.239 e. The van der Waals surface area contributed by atoms with E-state index in [1.54, 1.807) is 38.1 Å². The molecule has 0 radical (unpaired) electrons. The molecule has 0 aliphatic rings. The third kappa shape index (κ3) is 4.12. The molecule has 18 heavy (non-hydrogen) atoms. The van der Waals surface area contributed by atoms with Gasteiger partial charge in [0.25, 0.3) is 0 Å². The predicted molar refractivity (Wildman–Crippen MR) is 71.9 cm³/mol. The van der Waals surface area contributed by atoms with Crippen LogP contribution in [0.25, 0.3) is 0 Å². The number of benzene rings is 1. The summed E-state index contributed by atoms with van der Waals surface area (Å²) in [6, 6.07) is 6.96. The lowest BCUT2D eigenvalue weighted by Gasteiger charge is -2.08. The first-order valence-corrected chi connectivity index (χ1v) is 7.37. The first-order valence-electron chi connectivity index (χ1n) is 5.65. The maximum atomic E-state index is 11.6. The van der Waals surface area contributed by atoms with Crippen molar-refractivity contribution < 1.29 is 13.2 Å². The van der Waals surface area contributed by atoms with Crippen LogP contribution in [-0.2, 0) is 21.2 Å². The highest BCUT2D eigenvalue weighted by molar-refractivity contribution is 7.92. The normalized spacial score (nSPS) is 11.6. The Labute approximate surface area is 107 Å². The highest BCUT2D eigenvalue weighted by Crippen LogP contribution is 2.10. The minimum Gasteiger partial charge on any atom is -0.326 e. The van der Waals surface area contributed by atoms with Crippen molar-refractivity contribution in [3.8, 4) is 0 Å². The van der Waals surface area contributed by atoms with Gasteiger partial charge in [0.1, 0.15) is 5.75 Å². The van der Waals surface area contributed by atoms with Gasteiger partial charge in [0.15, 0.2) is 9.84 Å². The number of nitrogens with two attached hydrogens (primary N) is 1. The second-order valence-corrected chi connectivity index (χ2v) is 6.86. The van der Waals surface area contributed by atoms with Crippen LogP contribution in [0.1, 0.15) is 19.4 Å². The fourth-order valence-corrected chi connectivity index (χ4v) is 2.04. The van der Waals surface area contributed by atoms with Crippen LogP contribution in [0.2, 0.25) is 0 Å². The van der Waals surface area contributed by atoms with Crippen molar-refractivity contribution in [2.75, 3.05) is 11.1 Å². The molecule has 0 aromatic heterocycles. The Kier molecular flexibility index (Phi) is 4.86. The van der Waals surface area contributed by atoms with E-state index in [0.29, 0.717) is 12.2 Å². The van der Waals surface area contributed by atoms with Crippen LogP contribution in [0.4, 0.5) is 5.69 Å². The van der Waals surface area contributed by atoms with Crippen LogP contribution in [0.15, 0.2) is 24.3 Å². The standard InChI is InChI=1S/C12H18N2O3S/c1-9(2)18(16,17)8-12(15)14-11-5-3-10(7-13)4-6-11/h3-6,9H,7-8,13H2,1-2H3,(H,14,15). The molecule has 0 unspecified atom stereocenters. The third-order valence-corrected chi connectivity index (χ3v) is 4.62. The molecule has 0 atom stereocenters. The molecule has 0 saturated heterocycles. The zero-order valence-corrected chi connectivity index (χ0v) is 11.3. The molecule has 1 aromatic carbocycles. The van der Waals surface area contributed by atoms with Gasteiger partial charge in [-0.2, -0.15) is 0 Å². The monoisotopic (exact) mass is 270 g/mol. The van der Waals surface area contributed by atoms with Crippen LogP contribution in [0, 0.1) is 0 Å². The lowest BCUT2D eigenvalue weighted by Crippen LogP contribution is -2.27. The fourth-order valence-electron chi connectivity index (χ4n) is 1.27. The summed E-state index contributed by atoms with van der Waals surface area (Å²) in [7, 11) is -3.36. The number of hydrogen-bond acceptors (Lipinski definition) is 4. The number of sulfone groups is 1. The zero-order chi connectivity index (χ0) is 13.8. The highest BCUT2D eigenvalue weighted by Gasteiger charge is 2.20. The van der Waals surface area contributed by atoms with Gasteiger partial charge in [0, 0.05) is 12.2 Å². The van der Waals surface area contributed by atoms with Crippen molar-refractivity contribution in [3.05, 3.63) is 29.8 Å². The topological polar surface area (TPSA) is 89.3 Å². The van der Waals surface area contributed by atoms with Gasteiger partial charge in [-0.05, 0) is 31.5 Å². The summed E-state index contributed by atoms with van der Waals surface area (Å²) in [6.07, 6.45) is 0. The molecular formula is C12H18N2O3S. The van der Waals surface area contributed by atoms with E-state index in [9.17, 15) is 13.2 Å². The van der Waals surface area contributed by atoms with Crippen LogP contribution in [-0.4, -0.2) is 25.3 Å². The Hall–Kier alpha value is -1.40. The first kappa shape index (κ1) is 14.7. The van der Waals surface area contributed by atoms with E-state index in [4.69, 9.17) is 5.73 Å². The van der Waals surface area contributed by atoms with Crippen LogP contribution < -0.4 is 11.1 Å². The van der Waals surface area contributed by atoms with Crippen molar-refractivity contribution in [1.29, 1.82) is 0 Å². The highest BCUT2D eigenvalue weighted by atomic mass is 32.2. The van der Waals surface area contributed by atoms with E-state index in [0.717, 1.165) is 5.56 Å². The Morgan fingerprint density at radius 2 is 1.83 bits per heavy atom. The summed E-state index contributed by atoms with van der Waals surface area (Å²) in [6.45, 7) is 3.53. The average Bonchev–Trinajstić information content (AvgIpc) is 2.29. The molecule has 0 heterocycles. The fraction of sp³-hybridized carbons (Fsp3) is 0.417. The largest absolute Gasteiger partial charge is 0.326 e. The van der Waals surface area contributed by atoms with Gasteiger partial charge in [-0.25, -0.2) is 8.42 Å². The molecule has 0 aliphatic carbocycles. The van der Waals surface area contributed by atoms with Crippen molar-refractivity contribution >= 4 is 21.4 Å². The second kappa shape index (κ2) is 5.97. The average molecular weight is 270 g/mol. The van der Waals surface area contributed by atoms with E-state index in [-0.39, 0.29) is 0 Å². The Morgan fingerprint density at radius 1 is 1.28 bits per heavy atom. The predicted octanol–water partition coefficient (Wildman–Crippen LogP) is 0.907. The number of anilines is 1. The van der Waals surface area contributed by atoms with Gasteiger partial charge in [-0.3, -0.25) is 4.79 Å². The SMILES string of the molecule is CC(C)S(=O)(=O)CC(=O)Nc1ccc(CN)cc1. The Balaban J connectivity index is 2.65. The zero-order valence-electron chi connectivity index (χ0n) is 10.5. The molecule has 5 nitrogen and oxygen atoms in total. The van der Waals surface area contributed by atoms with E-state index in [1.807, 2.05) is 0 Å². The number of hydrogen-bond donors (Lipinski definition) is 2. The molecule has 1 aromatic rings. The minimum absolute atomic E-state index is 0.427. The van der Waals surface area contributed by atoms with Gasteiger partial charge in [-0.15, -0.1) is 0 Å². The molecule has 0 aliphatic heterocycles. The Bertz CT molecular complexity index is 507. The number of carbonyl (C=O) groups is 1. The van der Waals surface area contributed by atoms with Crippen molar-refractivity contribution in [3.63, 3.8) is 0 Å². The summed E-state index contributed by atoms with van der Waals surface area (Å²) in [4.78, 5) is 11.6. The van der Waals surface area contributed by atoms with Gasteiger partial charge in [-0.1, -0.05) is 12.1 Å². The number of nitrogens with one attached hydrogen (secondary N) is 1. The van der Waals surface area contributed by atoms with E-state index in [1.165, 1.54) is 0 Å². The van der Waals surface area contributed by atoms with Gasteiger partial charge >= 0.3 is 0 Å². The van der Waals surface area contributed by atoms with E-state index in [2.05, 4.69) is 5.32 Å². The summed E-state index contributed by atoms with van der Waals surface area (Å²) < 4.78 is 23.1. The summed E-state index contributed by atoms with van der Waals surface area (Å²) in [5.74, 6) is -1.02. The van der Waals surface area contributed by atoms with E-state index >= 15 is 0 Å². The summed E-state index contributed by atoms with van der Waals surface area (Å²) >= 11 is 0. The van der Waals surface area contributed by atoms with Crippen molar-refractivity contribution in [2.24, 2.45) is 5.73 Å². The maximum Gasteiger partial charge on any atom is 0.239 e. The van der Waals surface area contributed by atoms with E-state index < -0.39 is 26.7 Å². The molecule has 6 heteroatoms. The summed E-state index contributed by atoms with van der Waals surface area (Å²) in [5, 5.41) is 1.99. The van der Waals surface area contributed by atoms with Crippen molar-refractivity contribution in [1.82, 2.24) is 0 Å². The summed E-state index contributed by atoms with van der Waals surface area (Å²) in [5.41, 5.74) is 6.96. The minimum atomic E-state index is -3.36. The maximum absolute atomic E-state index is 11.6. The van der Waals surface area contributed by atoms with Crippen LogP contribution >= 0.6 is 0 Å². The van der Waals surface area contributed by atoms with Gasteiger partial charge in [0.05, 0.1) is 5.25 Å². The molecule has 1 amide bonds. The first-order chi connectivity index (χ1) is 8.35. The molecule has 3 N–H and O–H groups in total. The molecule has 0 saturated carbocycles. The molecular weight excluding hydrogens is 252 g/mol. The van der Waals surface area contributed by atoms with Gasteiger partial charge < -0.3 is 11.1 Å². The molecule has 0 bridgehead atoms. The van der Waals surface area contributed by atoms with Crippen LogP contribution in [0.3, 0.4) is 0 Å². The van der Waals surface area contributed by atoms with Crippen molar-refractivity contribution in [2.45, 2.75) is 25.6 Å². The van der Waals surface area contributed by atoms with Crippen LogP contribution in [0.5, 0.6) is 0 Å². The lowest BCUT2D eigenvalue weighted by atomic mass is 10.2. The second-order valence-electron chi connectivity index (χ2n) is 4.31. The molecule has 100 valence electrons. The van der Waals surface area contributed by atoms with Gasteiger partial charge in [0.2, 0.25) is 5.91 Å². The quantitative estimate of drug-likeness (QED) is 0.832. The number of carbonyl (C=O) groups excluding carboxylic acids is 1. The number of rotatable bonds is 5. The number of amides is 1. The molecule has 0 fully saturated rings. The molecule has 1 rings (SSSR count). The third-order valence-electron chi connectivity index (χ3n) is 2.52. The Morgan fingerprint density at radius 3 is 2.28 bits per heavy atom. The molecule has 0 spiro atoms.